The van der Waals surface area contributed by atoms with Crippen molar-refractivity contribution in [1.29, 1.82) is 0 Å². The van der Waals surface area contributed by atoms with E-state index < -0.39 is 5.91 Å². The van der Waals surface area contributed by atoms with Crippen molar-refractivity contribution in [3.8, 4) is 11.4 Å². The third kappa shape index (κ3) is 3.78. The first-order chi connectivity index (χ1) is 14.0. The van der Waals surface area contributed by atoms with Crippen molar-refractivity contribution < 1.29 is 9.59 Å². The minimum atomic E-state index is -0.532. The highest BCUT2D eigenvalue weighted by molar-refractivity contribution is 5.93. The molecule has 0 bridgehead atoms. The quantitative estimate of drug-likeness (QED) is 0.746. The number of hydrogen-bond acceptors (Lipinski definition) is 3. The second-order valence-electron chi connectivity index (χ2n) is 7.35. The molecule has 4 rings (SSSR count). The van der Waals surface area contributed by atoms with Crippen LogP contribution in [0.15, 0.2) is 54.6 Å². The van der Waals surface area contributed by atoms with Crippen LogP contribution in [-0.2, 0) is 24.2 Å². The molecule has 0 atom stereocenters. The molecule has 0 saturated carbocycles. The molecule has 148 valence electrons. The molecule has 2 heterocycles. The van der Waals surface area contributed by atoms with Gasteiger partial charge in [0.1, 0.15) is 11.5 Å². The predicted octanol–water partition coefficient (Wildman–Crippen LogP) is 2.58. The predicted molar refractivity (Wildman–Crippen MR) is 111 cm³/mol. The van der Waals surface area contributed by atoms with E-state index in [4.69, 9.17) is 5.73 Å². The molecule has 0 unspecified atom stereocenters. The number of nitrogens with two attached hydrogens (primary N) is 1. The van der Waals surface area contributed by atoms with Crippen LogP contribution in [0.25, 0.3) is 11.4 Å². The molecular weight excluding hydrogens is 364 g/mol. The van der Waals surface area contributed by atoms with Gasteiger partial charge < -0.3 is 15.2 Å². The maximum absolute atomic E-state index is 12.9. The molecule has 2 aromatic carbocycles. The fourth-order valence-corrected chi connectivity index (χ4v) is 3.89. The summed E-state index contributed by atoms with van der Waals surface area (Å²) in [4.78, 5) is 31.3. The topological polar surface area (TPSA) is 81.2 Å². The van der Waals surface area contributed by atoms with Crippen molar-refractivity contribution in [3.05, 3.63) is 77.1 Å². The molecule has 0 aliphatic carbocycles. The smallest absolute Gasteiger partial charge is 0.269 e. The van der Waals surface area contributed by atoms with Gasteiger partial charge in [-0.2, -0.15) is 0 Å². The van der Waals surface area contributed by atoms with Gasteiger partial charge in [-0.3, -0.25) is 9.59 Å². The van der Waals surface area contributed by atoms with E-state index >= 15 is 0 Å². The monoisotopic (exact) mass is 388 g/mol. The number of nitrogens with zero attached hydrogens (tertiary/aromatic N) is 3. The van der Waals surface area contributed by atoms with Crippen molar-refractivity contribution in [2.24, 2.45) is 5.73 Å². The summed E-state index contributed by atoms with van der Waals surface area (Å²) >= 11 is 0. The van der Waals surface area contributed by atoms with Crippen molar-refractivity contribution in [3.63, 3.8) is 0 Å². The van der Waals surface area contributed by atoms with Crippen molar-refractivity contribution >= 4 is 11.8 Å². The number of aryl methyl sites for hydroxylation is 1. The molecule has 1 aromatic heterocycles. The molecule has 6 nitrogen and oxygen atoms in total. The number of aromatic nitrogens is 2. The highest BCUT2D eigenvalue weighted by Crippen LogP contribution is 2.25. The summed E-state index contributed by atoms with van der Waals surface area (Å²) in [5.74, 6) is 0.290. The van der Waals surface area contributed by atoms with E-state index in [1.54, 1.807) is 0 Å². The minimum absolute atomic E-state index is 0.0971. The van der Waals surface area contributed by atoms with Gasteiger partial charge in [-0.15, -0.1) is 0 Å². The van der Waals surface area contributed by atoms with E-state index in [0.29, 0.717) is 38.2 Å². The number of rotatable bonds is 4. The van der Waals surface area contributed by atoms with Crippen LogP contribution < -0.4 is 5.73 Å². The first-order valence-corrected chi connectivity index (χ1v) is 9.81. The molecule has 0 fully saturated rings. The maximum Gasteiger partial charge on any atom is 0.269 e. The zero-order chi connectivity index (χ0) is 20.4. The van der Waals surface area contributed by atoms with Gasteiger partial charge in [0.15, 0.2) is 0 Å². The Balaban J connectivity index is 1.60. The third-order valence-corrected chi connectivity index (χ3v) is 5.51. The zero-order valence-electron chi connectivity index (χ0n) is 16.5. The number of imidazole rings is 1. The van der Waals surface area contributed by atoms with Gasteiger partial charge in [-0.05, 0) is 18.1 Å². The number of fused-ring (bicyclic) bond motifs is 1. The van der Waals surface area contributed by atoms with Crippen LogP contribution in [0, 0.1) is 6.92 Å². The highest BCUT2D eigenvalue weighted by Gasteiger charge is 2.26. The number of amides is 2. The summed E-state index contributed by atoms with van der Waals surface area (Å²) in [5.41, 5.74) is 9.81. The van der Waals surface area contributed by atoms with E-state index in [1.165, 1.54) is 0 Å². The number of carbonyl (C=O) groups is 2. The fraction of sp³-hybridized carbons (Fsp3) is 0.261. The molecule has 0 spiro atoms. The summed E-state index contributed by atoms with van der Waals surface area (Å²) in [6, 6.07) is 17.7. The molecular formula is C23H24N4O2. The Bertz CT molecular complexity index is 1060. The summed E-state index contributed by atoms with van der Waals surface area (Å²) in [5, 5.41) is 0. The second kappa shape index (κ2) is 7.91. The second-order valence-corrected chi connectivity index (χ2v) is 7.35. The first kappa shape index (κ1) is 18.9. The average molecular weight is 388 g/mol. The van der Waals surface area contributed by atoms with Crippen LogP contribution in [0.2, 0.25) is 0 Å². The van der Waals surface area contributed by atoms with Crippen LogP contribution in [0.1, 0.15) is 27.3 Å². The Morgan fingerprint density at radius 2 is 1.72 bits per heavy atom. The highest BCUT2D eigenvalue weighted by atomic mass is 16.2. The Morgan fingerprint density at radius 3 is 2.45 bits per heavy atom. The SMILES string of the molecule is Cc1ccccc1CC(=O)N1CCc2c(C(N)=O)nc(-c3ccccc3)n2CC1. The maximum atomic E-state index is 12.9. The van der Waals surface area contributed by atoms with Crippen LogP contribution in [-0.4, -0.2) is 39.4 Å². The van der Waals surface area contributed by atoms with Crippen molar-refractivity contribution in [1.82, 2.24) is 14.5 Å². The number of carbonyl (C=O) groups excluding carboxylic acids is 2. The number of benzene rings is 2. The molecule has 3 aromatic rings. The van der Waals surface area contributed by atoms with E-state index in [2.05, 4.69) is 4.98 Å². The van der Waals surface area contributed by atoms with Crippen LogP contribution in [0.4, 0.5) is 0 Å². The van der Waals surface area contributed by atoms with Crippen LogP contribution >= 0.6 is 0 Å². The van der Waals surface area contributed by atoms with Gasteiger partial charge in [0, 0.05) is 31.6 Å². The summed E-state index contributed by atoms with van der Waals surface area (Å²) in [6.07, 6.45) is 0.936. The van der Waals surface area contributed by atoms with E-state index in [-0.39, 0.29) is 5.91 Å². The molecule has 2 amide bonds. The first-order valence-electron chi connectivity index (χ1n) is 9.81. The average Bonchev–Trinajstić information content (AvgIpc) is 2.95. The van der Waals surface area contributed by atoms with Gasteiger partial charge >= 0.3 is 0 Å². The normalized spacial score (nSPS) is 13.6. The molecule has 1 aliphatic heterocycles. The summed E-state index contributed by atoms with van der Waals surface area (Å²) < 4.78 is 2.04. The Kier molecular flexibility index (Phi) is 5.16. The van der Waals surface area contributed by atoms with Gasteiger partial charge in [-0.1, -0.05) is 54.6 Å². The van der Waals surface area contributed by atoms with Crippen LogP contribution in [0.5, 0.6) is 0 Å². The van der Waals surface area contributed by atoms with Gasteiger partial charge in [0.25, 0.3) is 5.91 Å². The fourth-order valence-electron chi connectivity index (χ4n) is 3.89. The zero-order valence-corrected chi connectivity index (χ0v) is 16.5. The largest absolute Gasteiger partial charge is 0.364 e. The number of hydrogen-bond donors (Lipinski definition) is 1. The molecule has 6 heteroatoms. The molecule has 29 heavy (non-hydrogen) atoms. The Morgan fingerprint density at radius 1 is 1.00 bits per heavy atom. The minimum Gasteiger partial charge on any atom is -0.364 e. The lowest BCUT2D eigenvalue weighted by atomic mass is 10.1. The van der Waals surface area contributed by atoms with Gasteiger partial charge in [-0.25, -0.2) is 4.98 Å². The van der Waals surface area contributed by atoms with E-state index in [1.807, 2.05) is 71.0 Å². The molecule has 1 aliphatic rings. The van der Waals surface area contributed by atoms with E-state index in [0.717, 1.165) is 28.2 Å². The van der Waals surface area contributed by atoms with Gasteiger partial charge in [0.2, 0.25) is 5.91 Å². The third-order valence-electron chi connectivity index (χ3n) is 5.51. The van der Waals surface area contributed by atoms with E-state index in [9.17, 15) is 9.59 Å². The van der Waals surface area contributed by atoms with Crippen molar-refractivity contribution in [2.75, 3.05) is 13.1 Å². The Labute approximate surface area is 170 Å². The van der Waals surface area contributed by atoms with Gasteiger partial charge in [0.05, 0.1) is 12.1 Å². The summed E-state index contributed by atoms with van der Waals surface area (Å²) in [7, 11) is 0. The lowest BCUT2D eigenvalue weighted by Gasteiger charge is -2.21. The Hall–Kier alpha value is -3.41. The van der Waals surface area contributed by atoms with Crippen LogP contribution in [0.3, 0.4) is 0 Å². The number of primary amides is 1. The molecule has 2 N–H and O–H groups in total. The van der Waals surface area contributed by atoms with Crippen molar-refractivity contribution in [2.45, 2.75) is 26.3 Å². The summed E-state index contributed by atoms with van der Waals surface area (Å²) in [6.45, 7) is 3.73. The lowest BCUT2D eigenvalue weighted by Crippen LogP contribution is -2.35. The molecule has 0 saturated heterocycles. The standard InChI is InChI=1S/C23H24N4O2/c1-16-7-5-6-10-18(16)15-20(28)26-12-11-19-21(22(24)29)25-23(27(19)14-13-26)17-8-3-2-4-9-17/h2-10H,11-15H2,1H3,(H2,24,29). The lowest BCUT2D eigenvalue weighted by molar-refractivity contribution is -0.130. The molecule has 0 radical (unpaired) electrons.